The molecule has 0 N–H and O–H groups in total. The van der Waals surface area contributed by atoms with E-state index in [0.717, 1.165) is 34.4 Å². The molecule has 1 unspecified atom stereocenters. The number of amidine groups is 1. The van der Waals surface area contributed by atoms with Crippen LogP contribution in [0.25, 0.3) is 0 Å². The average molecular weight is 333 g/mol. The second-order valence-corrected chi connectivity index (χ2v) is 6.41. The molecule has 22 heavy (non-hydrogen) atoms. The molecule has 4 heteroatoms. The molecule has 2 aromatic rings. The minimum absolute atomic E-state index is 0.232. The SMILES string of the molecule is CCC1=Nc2ccc(Cl)cc2CC(c2ccc(Cl)cc2)N1C. The third kappa shape index (κ3) is 2.99. The van der Waals surface area contributed by atoms with Gasteiger partial charge >= 0.3 is 0 Å². The van der Waals surface area contributed by atoms with E-state index in [4.69, 9.17) is 28.2 Å². The maximum absolute atomic E-state index is 6.17. The highest BCUT2D eigenvalue weighted by atomic mass is 35.5. The van der Waals surface area contributed by atoms with E-state index in [9.17, 15) is 0 Å². The van der Waals surface area contributed by atoms with Crippen LogP contribution in [-0.4, -0.2) is 17.8 Å². The molecule has 3 rings (SSSR count). The Kier molecular flexibility index (Phi) is 4.42. The lowest BCUT2D eigenvalue weighted by Gasteiger charge is -2.29. The van der Waals surface area contributed by atoms with Crippen molar-refractivity contribution in [1.29, 1.82) is 0 Å². The summed E-state index contributed by atoms with van der Waals surface area (Å²) in [6.07, 6.45) is 1.77. The third-order valence-corrected chi connectivity index (χ3v) is 4.64. The van der Waals surface area contributed by atoms with Crippen molar-refractivity contribution in [3.63, 3.8) is 0 Å². The standard InChI is InChI=1S/C18H18Cl2N2/c1-3-18-21-16-9-8-15(20)10-13(16)11-17(22(18)2)12-4-6-14(19)7-5-12/h4-10,17H,3,11H2,1-2H3. The maximum Gasteiger partial charge on any atom is 0.105 e. The average Bonchev–Trinajstić information content (AvgIpc) is 2.65. The Morgan fingerprint density at radius 3 is 2.45 bits per heavy atom. The van der Waals surface area contributed by atoms with Crippen LogP contribution in [-0.2, 0) is 6.42 Å². The lowest BCUT2D eigenvalue weighted by Crippen LogP contribution is -2.30. The molecule has 0 amide bonds. The summed E-state index contributed by atoms with van der Waals surface area (Å²) in [6, 6.07) is 14.2. The first-order valence-corrected chi connectivity index (χ1v) is 8.18. The van der Waals surface area contributed by atoms with Crippen LogP contribution in [0.15, 0.2) is 47.5 Å². The van der Waals surface area contributed by atoms with Gasteiger partial charge in [-0.1, -0.05) is 42.3 Å². The van der Waals surface area contributed by atoms with Gasteiger partial charge in [-0.3, -0.25) is 0 Å². The summed E-state index contributed by atoms with van der Waals surface area (Å²) in [5.74, 6) is 1.08. The molecule has 2 nitrogen and oxygen atoms in total. The Labute approximate surface area is 141 Å². The van der Waals surface area contributed by atoms with Gasteiger partial charge in [0, 0.05) is 23.5 Å². The van der Waals surface area contributed by atoms with E-state index < -0.39 is 0 Å². The van der Waals surface area contributed by atoms with Gasteiger partial charge < -0.3 is 4.90 Å². The van der Waals surface area contributed by atoms with Gasteiger partial charge in [0.1, 0.15) is 5.84 Å². The molecule has 0 saturated heterocycles. The fourth-order valence-corrected chi connectivity index (χ4v) is 3.25. The Hall–Kier alpha value is -1.51. The minimum Gasteiger partial charge on any atom is -0.356 e. The highest BCUT2D eigenvalue weighted by Gasteiger charge is 2.24. The van der Waals surface area contributed by atoms with Gasteiger partial charge in [0.2, 0.25) is 0 Å². The number of likely N-dealkylation sites (N-methyl/N-ethyl adjacent to an activating group) is 1. The second kappa shape index (κ2) is 6.31. The number of hydrogen-bond acceptors (Lipinski definition) is 2. The predicted octanol–water partition coefficient (Wildman–Crippen LogP) is 5.66. The number of rotatable bonds is 2. The van der Waals surface area contributed by atoms with E-state index in [1.165, 1.54) is 11.1 Å². The molecule has 1 atom stereocenters. The number of halogens is 2. The summed E-state index contributed by atoms with van der Waals surface area (Å²) >= 11 is 12.2. The number of benzene rings is 2. The van der Waals surface area contributed by atoms with Gasteiger partial charge in [-0.2, -0.15) is 0 Å². The van der Waals surface area contributed by atoms with Crippen molar-refractivity contribution < 1.29 is 0 Å². The van der Waals surface area contributed by atoms with Crippen LogP contribution in [0, 0.1) is 0 Å². The van der Waals surface area contributed by atoms with Crippen molar-refractivity contribution in [3.8, 4) is 0 Å². The van der Waals surface area contributed by atoms with Gasteiger partial charge in [0.05, 0.1) is 11.7 Å². The van der Waals surface area contributed by atoms with Crippen LogP contribution in [0.2, 0.25) is 10.0 Å². The summed E-state index contributed by atoms with van der Waals surface area (Å²) in [7, 11) is 2.11. The smallest absolute Gasteiger partial charge is 0.105 e. The molecule has 0 saturated carbocycles. The highest BCUT2D eigenvalue weighted by Crippen LogP contribution is 2.35. The molecule has 2 aromatic carbocycles. The summed E-state index contributed by atoms with van der Waals surface area (Å²) in [5, 5.41) is 1.51. The molecule has 1 aliphatic heterocycles. The molecule has 0 fully saturated rings. The van der Waals surface area contributed by atoms with Crippen molar-refractivity contribution >= 4 is 34.7 Å². The number of nitrogens with zero attached hydrogens (tertiary/aromatic N) is 2. The van der Waals surface area contributed by atoms with E-state index in [1.54, 1.807) is 0 Å². The fourth-order valence-electron chi connectivity index (χ4n) is 2.92. The highest BCUT2D eigenvalue weighted by molar-refractivity contribution is 6.31. The van der Waals surface area contributed by atoms with E-state index in [1.807, 2.05) is 30.3 Å². The fraction of sp³-hybridized carbons (Fsp3) is 0.278. The zero-order valence-electron chi connectivity index (χ0n) is 12.7. The first-order chi connectivity index (χ1) is 10.6. The topological polar surface area (TPSA) is 15.6 Å². The van der Waals surface area contributed by atoms with Crippen LogP contribution in [0.5, 0.6) is 0 Å². The Morgan fingerprint density at radius 1 is 1.09 bits per heavy atom. The van der Waals surface area contributed by atoms with Crippen molar-refractivity contribution in [3.05, 3.63) is 63.6 Å². The van der Waals surface area contributed by atoms with Crippen molar-refractivity contribution in [2.75, 3.05) is 7.05 Å². The van der Waals surface area contributed by atoms with Crippen LogP contribution in [0.4, 0.5) is 5.69 Å². The normalized spacial score (nSPS) is 17.7. The molecule has 114 valence electrons. The molecular weight excluding hydrogens is 315 g/mol. The molecule has 0 aromatic heterocycles. The van der Waals surface area contributed by atoms with Crippen LogP contribution >= 0.6 is 23.2 Å². The third-order valence-electron chi connectivity index (χ3n) is 4.15. The Balaban J connectivity index is 2.08. The Morgan fingerprint density at radius 2 is 1.77 bits per heavy atom. The van der Waals surface area contributed by atoms with Gasteiger partial charge in [0.15, 0.2) is 0 Å². The largest absolute Gasteiger partial charge is 0.356 e. The zero-order chi connectivity index (χ0) is 15.7. The predicted molar refractivity (Wildman–Crippen MR) is 94.5 cm³/mol. The van der Waals surface area contributed by atoms with Crippen LogP contribution < -0.4 is 0 Å². The maximum atomic E-state index is 6.17. The monoisotopic (exact) mass is 332 g/mol. The summed E-state index contributed by atoms with van der Waals surface area (Å²) < 4.78 is 0. The van der Waals surface area contributed by atoms with Crippen LogP contribution in [0.3, 0.4) is 0 Å². The summed E-state index contributed by atoms with van der Waals surface area (Å²) in [5.41, 5.74) is 3.44. The van der Waals surface area contributed by atoms with E-state index in [-0.39, 0.29) is 6.04 Å². The molecule has 1 heterocycles. The van der Waals surface area contributed by atoms with Gasteiger partial charge in [-0.15, -0.1) is 0 Å². The molecular formula is C18H18Cl2N2. The first-order valence-electron chi connectivity index (χ1n) is 7.42. The summed E-state index contributed by atoms with van der Waals surface area (Å²) in [6.45, 7) is 2.13. The van der Waals surface area contributed by atoms with Crippen molar-refractivity contribution in [1.82, 2.24) is 4.90 Å². The molecule has 1 aliphatic rings. The van der Waals surface area contributed by atoms with Crippen molar-refractivity contribution in [2.24, 2.45) is 4.99 Å². The van der Waals surface area contributed by atoms with Gasteiger partial charge in [-0.05, 0) is 47.9 Å². The number of fused-ring (bicyclic) bond motifs is 1. The van der Waals surface area contributed by atoms with E-state index in [0.29, 0.717) is 0 Å². The number of aliphatic imine (C=N–C) groups is 1. The van der Waals surface area contributed by atoms with Gasteiger partial charge in [0.25, 0.3) is 0 Å². The second-order valence-electron chi connectivity index (χ2n) is 5.54. The van der Waals surface area contributed by atoms with Gasteiger partial charge in [-0.25, -0.2) is 4.99 Å². The molecule has 0 aliphatic carbocycles. The van der Waals surface area contributed by atoms with E-state index in [2.05, 4.69) is 31.0 Å². The molecule has 0 spiro atoms. The number of hydrogen-bond donors (Lipinski definition) is 0. The lowest BCUT2D eigenvalue weighted by atomic mass is 9.97. The lowest BCUT2D eigenvalue weighted by molar-refractivity contribution is 0.370. The molecule has 0 bridgehead atoms. The van der Waals surface area contributed by atoms with E-state index >= 15 is 0 Å². The first kappa shape index (κ1) is 15.4. The zero-order valence-corrected chi connectivity index (χ0v) is 14.2. The Bertz CT molecular complexity index is 708. The minimum atomic E-state index is 0.232. The summed E-state index contributed by atoms with van der Waals surface area (Å²) in [4.78, 5) is 7.09. The van der Waals surface area contributed by atoms with Crippen LogP contribution in [0.1, 0.15) is 30.5 Å². The molecule has 0 radical (unpaired) electrons. The quantitative estimate of drug-likeness (QED) is 0.692. The van der Waals surface area contributed by atoms with Crippen molar-refractivity contribution in [2.45, 2.75) is 25.8 Å².